The van der Waals surface area contributed by atoms with E-state index >= 15 is 0 Å². The molecule has 1 fully saturated rings. The Morgan fingerprint density at radius 3 is 1.92 bits per heavy atom. The van der Waals surface area contributed by atoms with Gasteiger partial charge in [0.1, 0.15) is 0 Å². The quantitative estimate of drug-likeness (QED) is 0.839. The van der Waals surface area contributed by atoms with E-state index in [1.807, 2.05) is 0 Å². The molecule has 0 bridgehead atoms. The third-order valence-corrected chi connectivity index (χ3v) is 10.0. The zero-order valence-corrected chi connectivity index (χ0v) is 16.4. The van der Waals surface area contributed by atoms with Crippen LogP contribution in [0.5, 0.6) is 0 Å². The van der Waals surface area contributed by atoms with E-state index in [1.54, 1.807) is 0 Å². The van der Waals surface area contributed by atoms with Gasteiger partial charge in [-0.3, -0.25) is 0 Å². The van der Waals surface area contributed by atoms with Crippen LogP contribution in [0, 0.1) is 0 Å². The van der Waals surface area contributed by atoms with Crippen molar-refractivity contribution in [1.29, 1.82) is 0 Å². The summed E-state index contributed by atoms with van der Waals surface area (Å²) < 4.78 is 12.7. The molecule has 0 saturated carbocycles. The Morgan fingerprint density at radius 1 is 1.00 bits per heavy atom. The topological polar surface area (TPSA) is 44.5 Å². The molecule has 1 saturated heterocycles. The maximum atomic E-state index is 6.86. The minimum absolute atomic E-state index is 0.00354. The van der Waals surface area contributed by atoms with E-state index in [0.717, 1.165) is 6.42 Å². The molecule has 3 rings (SSSR count). The molecule has 0 aromatic heterocycles. The first kappa shape index (κ1) is 18.3. The molecule has 3 nitrogen and oxygen atoms in total. The normalized spacial score (nSPS) is 21.4. The van der Waals surface area contributed by atoms with Crippen LogP contribution in [0.25, 0.3) is 0 Å². The highest BCUT2D eigenvalue weighted by Gasteiger charge is 2.50. The van der Waals surface area contributed by atoms with Gasteiger partial charge in [-0.25, -0.2) is 0 Å². The Morgan fingerprint density at radius 2 is 1.52 bits per heavy atom. The standard InChI is InChI=1S/C21H29NO2Si/c1-21(2,3)25(19-10-6-4-7-11-19,20-12-8-5-9-13-20)24-16-18-14-17(22)15-23-18/h4-13,17-18H,14-16,22H2,1-3H3/t17-,18+/m1/s1. The van der Waals surface area contributed by atoms with Crippen LogP contribution in [-0.4, -0.2) is 33.7 Å². The van der Waals surface area contributed by atoms with E-state index in [2.05, 4.69) is 81.4 Å². The van der Waals surface area contributed by atoms with Gasteiger partial charge in [0.25, 0.3) is 8.32 Å². The minimum atomic E-state index is -2.46. The van der Waals surface area contributed by atoms with Crippen molar-refractivity contribution in [3.05, 3.63) is 60.7 Å². The Labute approximate surface area is 152 Å². The first-order chi connectivity index (χ1) is 11.9. The number of hydrogen-bond donors (Lipinski definition) is 1. The summed E-state index contributed by atoms with van der Waals surface area (Å²) in [6.07, 6.45) is 0.967. The van der Waals surface area contributed by atoms with Crippen LogP contribution in [0.3, 0.4) is 0 Å². The predicted octanol–water partition coefficient (Wildman–Crippen LogP) is 2.68. The van der Waals surface area contributed by atoms with Crippen LogP contribution in [-0.2, 0) is 9.16 Å². The minimum Gasteiger partial charge on any atom is -0.405 e. The van der Waals surface area contributed by atoms with Gasteiger partial charge in [-0.2, -0.15) is 0 Å². The van der Waals surface area contributed by atoms with Crippen LogP contribution in [0.15, 0.2) is 60.7 Å². The van der Waals surface area contributed by atoms with Crippen molar-refractivity contribution in [2.75, 3.05) is 13.2 Å². The largest absolute Gasteiger partial charge is 0.405 e. The van der Waals surface area contributed by atoms with Crippen molar-refractivity contribution in [2.24, 2.45) is 5.73 Å². The van der Waals surface area contributed by atoms with Gasteiger partial charge in [0.15, 0.2) is 0 Å². The van der Waals surface area contributed by atoms with Gasteiger partial charge in [-0.1, -0.05) is 81.4 Å². The fraction of sp³-hybridized carbons (Fsp3) is 0.429. The summed E-state index contributed by atoms with van der Waals surface area (Å²) in [4.78, 5) is 0. The van der Waals surface area contributed by atoms with Gasteiger partial charge >= 0.3 is 0 Å². The molecule has 2 aromatic carbocycles. The maximum Gasteiger partial charge on any atom is 0.261 e. The van der Waals surface area contributed by atoms with Crippen LogP contribution in [0.1, 0.15) is 27.2 Å². The van der Waals surface area contributed by atoms with Crippen LogP contribution >= 0.6 is 0 Å². The molecule has 0 unspecified atom stereocenters. The third kappa shape index (κ3) is 3.72. The number of rotatable bonds is 5. The highest BCUT2D eigenvalue weighted by Crippen LogP contribution is 2.37. The number of nitrogens with two attached hydrogens (primary N) is 1. The van der Waals surface area contributed by atoms with Crippen molar-refractivity contribution in [3.63, 3.8) is 0 Å². The Kier molecular flexibility index (Phi) is 5.44. The summed E-state index contributed by atoms with van der Waals surface area (Å²) in [6.45, 7) is 8.11. The van der Waals surface area contributed by atoms with E-state index in [1.165, 1.54) is 10.4 Å². The molecule has 4 heteroatoms. The summed E-state index contributed by atoms with van der Waals surface area (Å²) in [7, 11) is -2.46. The predicted molar refractivity (Wildman–Crippen MR) is 106 cm³/mol. The second-order valence-corrected chi connectivity index (χ2v) is 12.2. The monoisotopic (exact) mass is 355 g/mol. The van der Waals surface area contributed by atoms with E-state index in [9.17, 15) is 0 Å². The van der Waals surface area contributed by atoms with E-state index in [4.69, 9.17) is 14.9 Å². The second-order valence-electron chi connectivity index (χ2n) is 7.93. The molecule has 1 heterocycles. The zero-order chi connectivity index (χ0) is 17.9. The average molecular weight is 356 g/mol. The lowest BCUT2D eigenvalue weighted by molar-refractivity contribution is 0.0639. The van der Waals surface area contributed by atoms with Gasteiger partial charge in [0.05, 0.1) is 19.3 Å². The second kappa shape index (κ2) is 7.42. The first-order valence-electron chi connectivity index (χ1n) is 9.05. The fourth-order valence-electron chi connectivity index (χ4n) is 3.83. The molecule has 0 radical (unpaired) electrons. The summed E-state index contributed by atoms with van der Waals surface area (Å²) in [6, 6.07) is 21.6. The molecule has 1 aliphatic heterocycles. The lowest BCUT2D eigenvalue weighted by atomic mass is 10.2. The van der Waals surface area contributed by atoms with Crippen LogP contribution in [0.2, 0.25) is 5.04 Å². The van der Waals surface area contributed by atoms with E-state index in [-0.39, 0.29) is 17.2 Å². The van der Waals surface area contributed by atoms with Crippen LogP contribution in [0.4, 0.5) is 0 Å². The molecule has 1 aliphatic rings. The molecule has 2 aromatic rings. The van der Waals surface area contributed by atoms with Crippen molar-refractivity contribution in [3.8, 4) is 0 Å². The molecule has 25 heavy (non-hydrogen) atoms. The lowest BCUT2D eigenvalue weighted by Crippen LogP contribution is -2.67. The Bertz CT molecular complexity index is 630. The van der Waals surface area contributed by atoms with Crippen molar-refractivity contribution >= 4 is 18.7 Å². The summed E-state index contributed by atoms with van der Waals surface area (Å²) >= 11 is 0. The van der Waals surface area contributed by atoms with Crippen LogP contribution < -0.4 is 16.1 Å². The molecule has 0 aliphatic carbocycles. The molecule has 0 amide bonds. The third-order valence-electron chi connectivity index (χ3n) is 5.01. The maximum absolute atomic E-state index is 6.86. The van der Waals surface area contributed by atoms with Gasteiger partial charge in [0, 0.05) is 6.04 Å². The number of benzene rings is 2. The van der Waals surface area contributed by atoms with Gasteiger partial charge in [-0.05, 0) is 21.8 Å². The van der Waals surface area contributed by atoms with Gasteiger partial charge in [-0.15, -0.1) is 0 Å². The molecule has 134 valence electrons. The molecule has 2 atom stereocenters. The summed E-state index contributed by atoms with van der Waals surface area (Å²) in [5, 5.41) is 2.60. The first-order valence-corrected chi connectivity index (χ1v) is 11.0. The van der Waals surface area contributed by atoms with Crippen molar-refractivity contribution in [2.45, 2.75) is 44.4 Å². The summed E-state index contributed by atoms with van der Waals surface area (Å²) in [5.74, 6) is 0. The SMILES string of the molecule is CC(C)(C)[Si](OC[C@@H]1C[C@@H](N)CO1)(c1ccccc1)c1ccccc1. The number of hydrogen-bond acceptors (Lipinski definition) is 3. The Balaban J connectivity index is 2.02. The summed E-state index contributed by atoms with van der Waals surface area (Å²) in [5.41, 5.74) is 6.00. The highest BCUT2D eigenvalue weighted by molar-refractivity contribution is 6.99. The molecular formula is C21H29NO2Si. The van der Waals surface area contributed by atoms with Gasteiger partial charge in [0.2, 0.25) is 0 Å². The van der Waals surface area contributed by atoms with E-state index < -0.39 is 8.32 Å². The van der Waals surface area contributed by atoms with Gasteiger partial charge < -0.3 is 14.9 Å². The number of ether oxygens (including phenoxy) is 1. The molecule has 2 N–H and O–H groups in total. The lowest BCUT2D eigenvalue weighted by Gasteiger charge is -2.43. The fourth-order valence-corrected chi connectivity index (χ4v) is 8.42. The van der Waals surface area contributed by atoms with Crippen molar-refractivity contribution < 1.29 is 9.16 Å². The molecular weight excluding hydrogens is 326 g/mol. The zero-order valence-electron chi connectivity index (χ0n) is 15.4. The molecule has 0 spiro atoms. The average Bonchev–Trinajstić information content (AvgIpc) is 3.02. The smallest absolute Gasteiger partial charge is 0.261 e. The van der Waals surface area contributed by atoms with E-state index in [0.29, 0.717) is 13.2 Å². The highest BCUT2D eigenvalue weighted by atomic mass is 28.4. The van der Waals surface area contributed by atoms with Crippen molar-refractivity contribution in [1.82, 2.24) is 0 Å². The Hall–Kier alpha value is -1.46.